The third kappa shape index (κ3) is 4.48. The van der Waals surface area contributed by atoms with Crippen LogP contribution in [0.25, 0.3) is 0 Å². The van der Waals surface area contributed by atoms with Gasteiger partial charge in [0.2, 0.25) is 0 Å². The predicted octanol–water partition coefficient (Wildman–Crippen LogP) is 3.80. The maximum Gasteiger partial charge on any atom is 0.172 e. The lowest BCUT2D eigenvalue weighted by Crippen LogP contribution is -2.16. The smallest absolute Gasteiger partial charge is 0.172 e. The van der Waals surface area contributed by atoms with Gasteiger partial charge in [-0.15, -0.1) is 0 Å². The third-order valence-electron chi connectivity index (χ3n) is 3.31. The zero-order valence-corrected chi connectivity index (χ0v) is 13.9. The molecule has 0 aliphatic heterocycles. The van der Waals surface area contributed by atoms with Gasteiger partial charge < -0.3 is 15.2 Å². The highest BCUT2D eigenvalue weighted by Gasteiger charge is 2.08. The minimum Gasteiger partial charge on any atom is -0.503 e. The summed E-state index contributed by atoms with van der Waals surface area (Å²) in [4.78, 5) is 0. The fourth-order valence-corrected chi connectivity index (χ4v) is 2.71. The second kappa shape index (κ2) is 7.48. The van der Waals surface area contributed by atoms with Crippen molar-refractivity contribution in [2.45, 2.75) is 19.9 Å². The van der Waals surface area contributed by atoms with Gasteiger partial charge in [-0.2, -0.15) is 0 Å². The fourth-order valence-electron chi connectivity index (χ4n) is 2.22. The van der Waals surface area contributed by atoms with Crippen LogP contribution in [0.2, 0.25) is 0 Å². The Bertz CT molecular complexity index is 614. The number of hydrogen-bond donors (Lipinski definition) is 2. The molecule has 0 fully saturated rings. The van der Waals surface area contributed by atoms with Crippen LogP contribution in [-0.4, -0.2) is 18.8 Å². The molecule has 0 aliphatic carbocycles. The summed E-state index contributed by atoms with van der Waals surface area (Å²) in [6, 6.07) is 12.3. The van der Waals surface area contributed by atoms with Crippen LogP contribution in [0.15, 0.2) is 40.9 Å². The lowest BCUT2D eigenvalue weighted by Gasteiger charge is -2.10. The average Bonchev–Trinajstić information content (AvgIpc) is 2.47. The molecule has 0 radical (unpaired) electrons. The van der Waals surface area contributed by atoms with Crippen LogP contribution in [0.4, 0.5) is 0 Å². The van der Waals surface area contributed by atoms with Gasteiger partial charge >= 0.3 is 0 Å². The number of benzene rings is 2. The molecule has 0 saturated carbocycles. The molecule has 0 heterocycles. The second-order valence-corrected chi connectivity index (χ2v) is 5.90. The Labute approximate surface area is 134 Å². The van der Waals surface area contributed by atoms with Gasteiger partial charge in [-0.05, 0) is 59.1 Å². The van der Waals surface area contributed by atoms with Gasteiger partial charge in [0.25, 0.3) is 0 Å². The number of methoxy groups -OCH3 is 1. The van der Waals surface area contributed by atoms with Crippen LogP contribution < -0.4 is 10.1 Å². The van der Waals surface area contributed by atoms with Crippen molar-refractivity contribution in [1.29, 1.82) is 0 Å². The van der Waals surface area contributed by atoms with Gasteiger partial charge in [-0.1, -0.05) is 29.8 Å². The molecule has 2 aromatic carbocycles. The minimum atomic E-state index is 0.140. The second-order valence-electron chi connectivity index (χ2n) is 5.04. The molecular weight excluding hydrogens is 330 g/mol. The van der Waals surface area contributed by atoms with E-state index in [-0.39, 0.29) is 5.75 Å². The summed E-state index contributed by atoms with van der Waals surface area (Å²) >= 11 is 3.33. The Morgan fingerprint density at radius 2 is 2.00 bits per heavy atom. The number of phenols is 1. The standard InChI is InChI=1S/C17H20BrNO2/c1-12-4-3-5-13(8-12)6-7-19-11-14-9-15(18)17(20)16(10-14)21-2/h3-5,8-10,19-20H,6-7,11H2,1-2H3. The molecule has 0 amide bonds. The first-order chi connectivity index (χ1) is 10.1. The van der Waals surface area contributed by atoms with Crippen molar-refractivity contribution in [2.24, 2.45) is 0 Å². The number of aryl methyl sites for hydroxylation is 1. The first-order valence-electron chi connectivity index (χ1n) is 6.92. The van der Waals surface area contributed by atoms with Crippen LogP contribution in [0, 0.1) is 6.92 Å². The summed E-state index contributed by atoms with van der Waals surface area (Å²) in [5.41, 5.74) is 3.70. The molecule has 4 heteroatoms. The Morgan fingerprint density at radius 3 is 2.71 bits per heavy atom. The molecule has 112 valence electrons. The van der Waals surface area contributed by atoms with E-state index in [1.54, 1.807) is 7.11 Å². The summed E-state index contributed by atoms with van der Waals surface area (Å²) in [5.74, 6) is 0.626. The number of halogens is 1. The quantitative estimate of drug-likeness (QED) is 0.779. The van der Waals surface area contributed by atoms with Crippen LogP contribution in [0.5, 0.6) is 11.5 Å². The van der Waals surface area contributed by atoms with E-state index in [9.17, 15) is 5.11 Å². The van der Waals surface area contributed by atoms with E-state index in [0.717, 1.165) is 25.1 Å². The molecule has 0 aliphatic rings. The molecule has 0 aromatic heterocycles. The average molecular weight is 350 g/mol. The van der Waals surface area contributed by atoms with E-state index in [4.69, 9.17) is 4.74 Å². The van der Waals surface area contributed by atoms with Gasteiger partial charge in [0, 0.05) is 6.54 Å². The fraction of sp³-hybridized carbons (Fsp3) is 0.294. The van der Waals surface area contributed by atoms with Crippen molar-refractivity contribution in [3.63, 3.8) is 0 Å². The van der Waals surface area contributed by atoms with E-state index in [1.807, 2.05) is 12.1 Å². The first-order valence-corrected chi connectivity index (χ1v) is 7.71. The molecule has 2 N–H and O–H groups in total. The van der Waals surface area contributed by atoms with E-state index < -0.39 is 0 Å². The number of aromatic hydroxyl groups is 1. The maximum absolute atomic E-state index is 9.78. The monoisotopic (exact) mass is 349 g/mol. The molecule has 2 rings (SSSR count). The molecule has 0 atom stereocenters. The molecule has 0 spiro atoms. The summed E-state index contributed by atoms with van der Waals surface area (Å²) in [5, 5.41) is 13.2. The number of phenolic OH excluding ortho intramolecular Hbond substituents is 1. The lowest BCUT2D eigenvalue weighted by molar-refractivity contribution is 0.371. The molecule has 21 heavy (non-hydrogen) atoms. The van der Waals surface area contributed by atoms with Crippen LogP contribution in [0.1, 0.15) is 16.7 Å². The Morgan fingerprint density at radius 1 is 1.19 bits per heavy atom. The Balaban J connectivity index is 1.87. The van der Waals surface area contributed by atoms with Gasteiger partial charge in [-0.3, -0.25) is 0 Å². The van der Waals surface area contributed by atoms with Crippen molar-refractivity contribution in [3.05, 3.63) is 57.6 Å². The van der Waals surface area contributed by atoms with E-state index >= 15 is 0 Å². The minimum absolute atomic E-state index is 0.140. The number of nitrogens with one attached hydrogen (secondary N) is 1. The van der Waals surface area contributed by atoms with Crippen molar-refractivity contribution >= 4 is 15.9 Å². The zero-order chi connectivity index (χ0) is 15.2. The van der Waals surface area contributed by atoms with Crippen molar-refractivity contribution < 1.29 is 9.84 Å². The van der Waals surface area contributed by atoms with Crippen molar-refractivity contribution in [1.82, 2.24) is 5.32 Å². The van der Waals surface area contributed by atoms with E-state index in [0.29, 0.717) is 10.2 Å². The van der Waals surface area contributed by atoms with Gasteiger partial charge in [0.05, 0.1) is 11.6 Å². The molecule has 0 bridgehead atoms. The van der Waals surface area contributed by atoms with E-state index in [2.05, 4.69) is 52.4 Å². The van der Waals surface area contributed by atoms with Crippen molar-refractivity contribution in [2.75, 3.05) is 13.7 Å². The van der Waals surface area contributed by atoms with Gasteiger partial charge in [0.15, 0.2) is 11.5 Å². The Kier molecular flexibility index (Phi) is 5.65. The SMILES string of the molecule is COc1cc(CNCCc2cccc(C)c2)cc(Br)c1O. The topological polar surface area (TPSA) is 41.5 Å². The van der Waals surface area contributed by atoms with Crippen LogP contribution in [0.3, 0.4) is 0 Å². The largest absolute Gasteiger partial charge is 0.503 e. The molecule has 0 unspecified atom stereocenters. The highest BCUT2D eigenvalue weighted by atomic mass is 79.9. The summed E-state index contributed by atoms with van der Waals surface area (Å²) in [7, 11) is 1.55. The molecular formula is C17H20BrNO2. The zero-order valence-electron chi connectivity index (χ0n) is 12.3. The number of rotatable bonds is 6. The summed E-state index contributed by atoms with van der Waals surface area (Å²) < 4.78 is 5.80. The highest BCUT2D eigenvalue weighted by molar-refractivity contribution is 9.10. The van der Waals surface area contributed by atoms with Crippen molar-refractivity contribution in [3.8, 4) is 11.5 Å². The van der Waals surface area contributed by atoms with Gasteiger partial charge in [0.1, 0.15) is 0 Å². The van der Waals surface area contributed by atoms with E-state index in [1.165, 1.54) is 11.1 Å². The first kappa shape index (κ1) is 15.9. The lowest BCUT2D eigenvalue weighted by atomic mass is 10.1. The van der Waals surface area contributed by atoms with Crippen LogP contribution >= 0.6 is 15.9 Å². The molecule has 0 saturated heterocycles. The third-order valence-corrected chi connectivity index (χ3v) is 3.91. The highest BCUT2D eigenvalue weighted by Crippen LogP contribution is 2.35. The van der Waals surface area contributed by atoms with Gasteiger partial charge in [-0.25, -0.2) is 0 Å². The number of ether oxygens (including phenoxy) is 1. The van der Waals surface area contributed by atoms with Crippen LogP contribution in [-0.2, 0) is 13.0 Å². The summed E-state index contributed by atoms with van der Waals surface area (Å²) in [6.07, 6.45) is 0.998. The maximum atomic E-state index is 9.78. The molecule has 3 nitrogen and oxygen atoms in total. The normalized spacial score (nSPS) is 10.6. The predicted molar refractivity (Wildman–Crippen MR) is 88.9 cm³/mol. The number of hydrogen-bond acceptors (Lipinski definition) is 3. The Hall–Kier alpha value is -1.52. The molecule has 2 aromatic rings. The summed E-state index contributed by atoms with van der Waals surface area (Å²) in [6.45, 7) is 3.75.